The molecule has 0 atom stereocenters. The number of hydrogen-bond acceptors (Lipinski definition) is 4. The van der Waals surface area contributed by atoms with Crippen LogP contribution in [0.2, 0.25) is 0 Å². The molecule has 2 aliphatic heterocycles. The predicted octanol–water partition coefficient (Wildman–Crippen LogP) is 0.474. The highest BCUT2D eigenvalue weighted by Gasteiger charge is 2.32. The maximum atomic E-state index is 12.8. The Morgan fingerprint density at radius 3 is 2.76 bits per heavy atom. The van der Waals surface area contributed by atoms with Crippen LogP contribution in [0.4, 0.5) is 5.69 Å². The third kappa shape index (κ3) is 2.51. The minimum Gasteiger partial charge on any atom is -0.385 e. The number of fused-ring (bicyclic) bond motifs is 1. The van der Waals surface area contributed by atoms with Crippen molar-refractivity contribution in [3.63, 3.8) is 0 Å². The normalized spacial score (nSPS) is 19.6. The topological polar surface area (TPSA) is 78.5 Å². The summed E-state index contributed by atoms with van der Waals surface area (Å²) in [6.45, 7) is 3.43. The molecule has 114 valence electrons. The van der Waals surface area contributed by atoms with E-state index < -0.39 is 10.0 Å². The molecule has 7 heteroatoms. The van der Waals surface area contributed by atoms with Gasteiger partial charge in [-0.3, -0.25) is 4.79 Å². The lowest BCUT2D eigenvalue weighted by Crippen LogP contribution is -2.50. The van der Waals surface area contributed by atoms with Crippen LogP contribution in [0.15, 0.2) is 17.0 Å². The summed E-state index contributed by atoms with van der Waals surface area (Å²) >= 11 is 0. The minimum absolute atomic E-state index is 0.0988. The van der Waals surface area contributed by atoms with E-state index in [-0.39, 0.29) is 12.5 Å². The van der Waals surface area contributed by atoms with Gasteiger partial charge in [-0.2, -0.15) is 4.31 Å². The van der Waals surface area contributed by atoms with E-state index in [4.69, 9.17) is 0 Å². The molecule has 0 spiro atoms. The maximum Gasteiger partial charge on any atom is 0.243 e. The zero-order chi connectivity index (χ0) is 15.0. The highest BCUT2D eigenvalue weighted by molar-refractivity contribution is 7.89. The van der Waals surface area contributed by atoms with Gasteiger partial charge in [0.25, 0.3) is 0 Å². The molecule has 1 amide bonds. The molecular weight excluding hydrogens is 290 g/mol. The fourth-order valence-corrected chi connectivity index (χ4v) is 4.57. The highest BCUT2D eigenvalue weighted by atomic mass is 32.2. The second-order valence-corrected chi connectivity index (χ2v) is 7.36. The summed E-state index contributed by atoms with van der Waals surface area (Å²) in [6, 6.07) is 3.50. The van der Waals surface area contributed by atoms with Crippen molar-refractivity contribution in [3.8, 4) is 0 Å². The number of benzene rings is 1. The number of rotatable bonds is 2. The summed E-state index contributed by atoms with van der Waals surface area (Å²) < 4.78 is 26.9. The van der Waals surface area contributed by atoms with Crippen LogP contribution in [0.25, 0.3) is 0 Å². The Labute approximate surface area is 124 Å². The summed E-state index contributed by atoms with van der Waals surface area (Å²) in [4.78, 5) is 11.8. The van der Waals surface area contributed by atoms with Gasteiger partial charge in [-0.05, 0) is 37.0 Å². The first-order valence-corrected chi connectivity index (χ1v) is 8.57. The Morgan fingerprint density at radius 1 is 1.19 bits per heavy atom. The van der Waals surface area contributed by atoms with Gasteiger partial charge in [0.2, 0.25) is 15.9 Å². The summed E-state index contributed by atoms with van der Waals surface area (Å²) in [6.07, 6.45) is 1.66. The van der Waals surface area contributed by atoms with E-state index in [1.165, 1.54) is 4.31 Å². The number of aryl methyl sites for hydroxylation is 1. The number of carbonyl (C=O) groups is 1. The largest absolute Gasteiger partial charge is 0.385 e. The number of nitrogens with zero attached hydrogens (tertiary/aromatic N) is 1. The van der Waals surface area contributed by atoms with Gasteiger partial charge in [0, 0.05) is 25.3 Å². The van der Waals surface area contributed by atoms with Gasteiger partial charge in [-0.25, -0.2) is 8.42 Å². The van der Waals surface area contributed by atoms with Crippen molar-refractivity contribution in [2.45, 2.75) is 24.7 Å². The Kier molecular flexibility index (Phi) is 3.62. The molecule has 3 rings (SSSR count). The van der Waals surface area contributed by atoms with Crippen LogP contribution >= 0.6 is 0 Å². The molecule has 2 aliphatic rings. The van der Waals surface area contributed by atoms with Crippen LogP contribution < -0.4 is 10.6 Å². The first-order chi connectivity index (χ1) is 10.00. The number of anilines is 1. The van der Waals surface area contributed by atoms with Gasteiger partial charge in [0.1, 0.15) is 0 Å². The smallest absolute Gasteiger partial charge is 0.243 e. The monoisotopic (exact) mass is 309 g/mol. The zero-order valence-electron chi connectivity index (χ0n) is 12.0. The van der Waals surface area contributed by atoms with Gasteiger partial charge in [-0.1, -0.05) is 6.07 Å². The fraction of sp³-hybridized carbons (Fsp3) is 0.500. The van der Waals surface area contributed by atoms with Crippen molar-refractivity contribution in [2.75, 3.05) is 31.5 Å². The lowest BCUT2D eigenvalue weighted by Gasteiger charge is -2.29. The van der Waals surface area contributed by atoms with Crippen LogP contribution in [-0.4, -0.2) is 44.8 Å². The molecule has 0 unspecified atom stereocenters. The van der Waals surface area contributed by atoms with Gasteiger partial charge in [-0.15, -0.1) is 0 Å². The SMILES string of the molecule is Cc1ccc(S(=O)(=O)N2CCNC(=O)C2)c2c1NCCC2. The Morgan fingerprint density at radius 2 is 2.00 bits per heavy atom. The van der Waals surface area contributed by atoms with Crippen LogP contribution in [0.3, 0.4) is 0 Å². The van der Waals surface area contributed by atoms with Crippen LogP contribution in [0.1, 0.15) is 17.5 Å². The van der Waals surface area contributed by atoms with E-state index in [0.29, 0.717) is 18.0 Å². The molecule has 21 heavy (non-hydrogen) atoms. The number of hydrogen-bond donors (Lipinski definition) is 2. The third-order valence-corrected chi connectivity index (χ3v) is 5.93. The maximum absolute atomic E-state index is 12.8. The molecule has 2 heterocycles. The standard InChI is InChI=1S/C14H19N3O3S/c1-10-4-5-12(11-3-2-6-16-14(10)11)21(19,20)17-8-7-15-13(18)9-17/h4-5,16H,2-3,6-9H2,1H3,(H,15,18). The molecule has 1 saturated heterocycles. The first kappa shape index (κ1) is 14.3. The first-order valence-electron chi connectivity index (χ1n) is 7.13. The molecule has 0 aromatic heterocycles. The van der Waals surface area contributed by atoms with Crippen LogP contribution in [-0.2, 0) is 21.2 Å². The van der Waals surface area contributed by atoms with Gasteiger partial charge in [0.15, 0.2) is 0 Å². The molecule has 0 bridgehead atoms. The quantitative estimate of drug-likeness (QED) is 0.832. The average molecular weight is 309 g/mol. The lowest BCUT2D eigenvalue weighted by molar-refractivity contribution is -0.122. The van der Waals surface area contributed by atoms with Crippen molar-refractivity contribution in [2.24, 2.45) is 0 Å². The average Bonchev–Trinajstić information content (AvgIpc) is 2.47. The number of nitrogens with one attached hydrogen (secondary N) is 2. The highest BCUT2D eigenvalue weighted by Crippen LogP contribution is 2.33. The number of amides is 1. The van der Waals surface area contributed by atoms with Crippen LogP contribution in [0.5, 0.6) is 0 Å². The second-order valence-electron chi connectivity index (χ2n) is 5.45. The van der Waals surface area contributed by atoms with Gasteiger partial charge < -0.3 is 10.6 Å². The van der Waals surface area contributed by atoms with Crippen molar-refractivity contribution in [3.05, 3.63) is 23.3 Å². The van der Waals surface area contributed by atoms with E-state index in [1.807, 2.05) is 13.0 Å². The van der Waals surface area contributed by atoms with Crippen molar-refractivity contribution < 1.29 is 13.2 Å². The Balaban J connectivity index is 2.05. The van der Waals surface area contributed by atoms with E-state index in [0.717, 1.165) is 36.2 Å². The summed E-state index contributed by atoms with van der Waals surface area (Å²) in [5.74, 6) is -0.246. The summed E-state index contributed by atoms with van der Waals surface area (Å²) in [5.41, 5.74) is 2.84. The minimum atomic E-state index is -3.62. The predicted molar refractivity (Wildman–Crippen MR) is 79.8 cm³/mol. The summed E-state index contributed by atoms with van der Waals surface area (Å²) in [7, 11) is -3.62. The van der Waals surface area contributed by atoms with E-state index in [1.54, 1.807) is 6.07 Å². The lowest BCUT2D eigenvalue weighted by atomic mass is 10.00. The number of sulfonamides is 1. The molecule has 1 aromatic rings. The number of piperazine rings is 1. The molecule has 0 saturated carbocycles. The molecule has 0 radical (unpaired) electrons. The summed E-state index contributed by atoms with van der Waals surface area (Å²) in [5, 5.41) is 5.94. The van der Waals surface area contributed by atoms with Gasteiger partial charge >= 0.3 is 0 Å². The molecule has 1 aromatic carbocycles. The van der Waals surface area contributed by atoms with Crippen molar-refractivity contribution in [1.82, 2.24) is 9.62 Å². The van der Waals surface area contributed by atoms with Crippen molar-refractivity contribution in [1.29, 1.82) is 0 Å². The Hall–Kier alpha value is -1.60. The molecule has 2 N–H and O–H groups in total. The molecule has 1 fully saturated rings. The van der Waals surface area contributed by atoms with E-state index in [2.05, 4.69) is 10.6 Å². The fourth-order valence-electron chi connectivity index (χ4n) is 2.92. The molecule has 6 nitrogen and oxygen atoms in total. The zero-order valence-corrected chi connectivity index (χ0v) is 12.8. The Bertz CT molecular complexity index is 685. The molecular formula is C14H19N3O3S. The van der Waals surface area contributed by atoms with Crippen molar-refractivity contribution >= 4 is 21.6 Å². The second kappa shape index (κ2) is 5.31. The molecule has 0 aliphatic carbocycles. The third-order valence-electron chi connectivity index (χ3n) is 4.00. The number of carbonyl (C=O) groups excluding carboxylic acids is 1. The van der Waals surface area contributed by atoms with Gasteiger partial charge in [0.05, 0.1) is 11.4 Å². The van der Waals surface area contributed by atoms with Crippen LogP contribution in [0, 0.1) is 6.92 Å². The van der Waals surface area contributed by atoms with E-state index in [9.17, 15) is 13.2 Å². The van der Waals surface area contributed by atoms with E-state index >= 15 is 0 Å².